The Balaban J connectivity index is 3.74. The van der Waals surface area contributed by atoms with Crippen LogP contribution in [0.15, 0.2) is 0 Å². The van der Waals surface area contributed by atoms with Crippen LogP contribution in [0.4, 0.5) is 0 Å². The molecule has 0 aliphatic carbocycles. The minimum Gasteiger partial charge on any atom is -0.328 e. The predicted octanol–water partition coefficient (Wildman–Crippen LogP) is 3.51. The molecule has 0 aromatic carbocycles. The number of hydrogen-bond acceptors (Lipinski definition) is 2. The summed E-state index contributed by atoms with van der Waals surface area (Å²) in [5, 5.41) is 0. The van der Waals surface area contributed by atoms with E-state index in [1.54, 1.807) is 0 Å². The van der Waals surface area contributed by atoms with Crippen LogP contribution in [0, 0.1) is 11.8 Å². The molecule has 17 heavy (non-hydrogen) atoms. The van der Waals surface area contributed by atoms with E-state index in [1.165, 1.54) is 25.8 Å². The average molecular weight is 242 g/mol. The van der Waals surface area contributed by atoms with E-state index in [9.17, 15) is 0 Å². The monoisotopic (exact) mass is 242 g/mol. The molecule has 3 atom stereocenters. The smallest absolute Gasteiger partial charge is 0.00664 e. The third-order valence-electron chi connectivity index (χ3n) is 3.52. The lowest BCUT2D eigenvalue weighted by Gasteiger charge is -2.28. The van der Waals surface area contributed by atoms with Crippen LogP contribution in [0.1, 0.15) is 60.3 Å². The van der Waals surface area contributed by atoms with Gasteiger partial charge in [-0.2, -0.15) is 0 Å². The van der Waals surface area contributed by atoms with E-state index in [4.69, 9.17) is 5.73 Å². The number of rotatable bonds is 9. The minimum absolute atomic E-state index is 0.361. The second kappa shape index (κ2) is 8.93. The normalized spacial score (nSPS) is 17.5. The SMILES string of the molecule is CC(C)CC(C)N(C)CC(C)CCCC(C)N. The summed E-state index contributed by atoms with van der Waals surface area (Å²) < 4.78 is 0. The van der Waals surface area contributed by atoms with Crippen LogP contribution in [0.2, 0.25) is 0 Å². The molecule has 2 nitrogen and oxygen atoms in total. The van der Waals surface area contributed by atoms with Gasteiger partial charge in [0, 0.05) is 18.6 Å². The molecule has 0 aromatic rings. The Morgan fingerprint density at radius 3 is 2.06 bits per heavy atom. The summed E-state index contributed by atoms with van der Waals surface area (Å²) in [4.78, 5) is 2.51. The summed E-state index contributed by atoms with van der Waals surface area (Å²) in [5.74, 6) is 1.58. The fourth-order valence-corrected chi connectivity index (χ4v) is 2.41. The van der Waals surface area contributed by atoms with Gasteiger partial charge in [0.25, 0.3) is 0 Å². The Hall–Kier alpha value is -0.0800. The van der Waals surface area contributed by atoms with Crippen LogP contribution in [-0.2, 0) is 0 Å². The largest absolute Gasteiger partial charge is 0.328 e. The van der Waals surface area contributed by atoms with Gasteiger partial charge in [-0.25, -0.2) is 0 Å². The van der Waals surface area contributed by atoms with Crippen LogP contribution >= 0.6 is 0 Å². The van der Waals surface area contributed by atoms with E-state index in [2.05, 4.69) is 46.6 Å². The van der Waals surface area contributed by atoms with Crippen molar-refractivity contribution in [3.05, 3.63) is 0 Å². The lowest BCUT2D eigenvalue weighted by molar-refractivity contribution is 0.196. The highest BCUT2D eigenvalue weighted by Gasteiger charge is 2.13. The molecular weight excluding hydrogens is 208 g/mol. The molecule has 0 rings (SSSR count). The van der Waals surface area contributed by atoms with Crippen LogP contribution < -0.4 is 5.73 Å². The zero-order valence-electron chi connectivity index (χ0n) is 12.9. The van der Waals surface area contributed by atoms with Crippen LogP contribution in [-0.4, -0.2) is 30.6 Å². The van der Waals surface area contributed by atoms with Crippen molar-refractivity contribution in [1.29, 1.82) is 0 Å². The van der Waals surface area contributed by atoms with Crippen molar-refractivity contribution in [2.24, 2.45) is 17.6 Å². The van der Waals surface area contributed by atoms with Gasteiger partial charge < -0.3 is 10.6 Å². The highest BCUT2D eigenvalue weighted by atomic mass is 15.1. The van der Waals surface area contributed by atoms with Crippen LogP contribution in [0.3, 0.4) is 0 Å². The molecule has 0 fully saturated rings. The fourth-order valence-electron chi connectivity index (χ4n) is 2.41. The Kier molecular flexibility index (Phi) is 8.89. The highest BCUT2D eigenvalue weighted by Crippen LogP contribution is 2.14. The molecule has 0 radical (unpaired) electrons. The molecule has 0 aliphatic heterocycles. The molecule has 0 saturated carbocycles. The average Bonchev–Trinajstić information content (AvgIpc) is 2.15. The topological polar surface area (TPSA) is 29.3 Å². The Morgan fingerprint density at radius 2 is 1.59 bits per heavy atom. The first-order valence-electron chi connectivity index (χ1n) is 7.28. The lowest BCUT2D eigenvalue weighted by Crippen LogP contribution is -2.34. The van der Waals surface area contributed by atoms with E-state index in [0.29, 0.717) is 12.1 Å². The van der Waals surface area contributed by atoms with Crippen molar-refractivity contribution in [2.45, 2.75) is 72.4 Å². The molecule has 0 aromatic heterocycles. The standard InChI is InChI=1S/C15H34N2/c1-12(2)10-15(5)17(6)11-13(3)8-7-9-14(4)16/h12-15H,7-11,16H2,1-6H3. The first-order chi connectivity index (χ1) is 7.82. The zero-order valence-corrected chi connectivity index (χ0v) is 12.9. The van der Waals surface area contributed by atoms with Gasteiger partial charge in [0.05, 0.1) is 0 Å². The molecule has 3 unspecified atom stereocenters. The van der Waals surface area contributed by atoms with Crippen molar-refractivity contribution in [3.63, 3.8) is 0 Å². The maximum Gasteiger partial charge on any atom is 0.00664 e. The van der Waals surface area contributed by atoms with E-state index < -0.39 is 0 Å². The van der Waals surface area contributed by atoms with Crippen LogP contribution in [0.5, 0.6) is 0 Å². The summed E-state index contributed by atoms with van der Waals surface area (Å²) in [6, 6.07) is 1.06. The highest BCUT2D eigenvalue weighted by molar-refractivity contribution is 4.68. The summed E-state index contributed by atoms with van der Waals surface area (Å²) in [7, 11) is 2.26. The third kappa shape index (κ3) is 9.61. The summed E-state index contributed by atoms with van der Waals surface area (Å²) in [5.41, 5.74) is 5.77. The molecule has 0 saturated heterocycles. The molecular formula is C15H34N2. The van der Waals surface area contributed by atoms with Crippen molar-refractivity contribution in [1.82, 2.24) is 4.90 Å². The van der Waals surface area contributed by atoms with Gasteiger partial charge in [-0.1, -0.05) is 27.2 Å². The van der Waals surface area contributed by atoms with E-state index in [1.807, 2.05) is 0 Å². The van der Waals surface area contributed by atoms with Gasteiger partial charge in [-0.15, -0.1) is 0 Å². The van der Waals surface area contributed by atoms with Crippen molar-refractivity contribution in [3.8, 4) is 0 Å². The molecule has 0 spiro atoms. The van der Waals surface area contributed by atoms with Gasteiger partial charge in [-0.05, 0) is 52.0 Å². The summed E-state index contributed by atoms with van der Waals surface area (Å²) in [6.45, 7) is 12.6. The minimum atomic E-state index is 0.361. The van der Waals surface area contributed by atoms with E-state index >= 15 is 0 Å². The Bertz CT molecular complexity index is 178. The maximum atomic E-state index is 5.77. The first kappa shape index (κ1) is 16.9. The van der Waals surface area contributed by atoms with E-state index in [-0.39, 0.29) is 0 Å². The van der Waals surface area contributed by atoms with Gasteiger partial charge in [0.2, 0.25) is 0 Å². The Morgan fingerprint density at radius 1 is 1.00 bits per heavy atom. The second-order valence-corrected chi connectivity index (χ2v) is 6.43. The van der Waals surface area contributed by atoms with Gasteiger partial charge >= 0.3 is 0 Å². The molecule has 0 aliphatic rings. The predicted molar refractivity (Wildman–Crippen MR) is 78.2 cm³/mol. The number of hydrogen-bond donors (Lipinski definition) is 1. The summed E-state index contributed by atoms with van der Waals surface area (Å²) in [6.07, 6.45) is 5.03. The van der Waals surface area contributed by atoms with Gasteiger partial charge in [0.15, 0.2) is 0 Å². The van der Waals surface area contributed by atoms with Crippen molar-refractivity contribution in [2.75, 3.05) is 13.6 Å². The van der Waals surface area contributed by atoms with Crippen molar-refractivity contribution < 1.29 is 0 Å². The molecule has 2 N–H and O–H groups in total. The molecule has 0 heterocycles. The second-order valence-electron chi connectivity index (χ2n) is 6.43. The molecule has 0 bridgehead atoms. The lowest BCUT2D eigenvalue weighted by atomic mass is 9.99. The number of nitrogens with two attached hydrogens (primary N) is 1. The van der Waals surface area contributed by atoms with Crippen LogP contribution in [0.25, 0.3) is 0 Å². The zero-order chi connectivity index (χ0) is 13.4. The van der Waals surface area contributed by atoms with Gasteiger partial charge in [0.1, 0.15) is 0 Å². The summed E-state index contributed by atoms with van der Waals surface area (Å²) >= 11 is 0. The third-order valence-corrected chi connectivity index (χ3v) is 3.52. The van der Waals surface area contributed by atoms with E-state index in [0.717, 1.165) is 18.3 Å². The Labute approximate surface area is 109 Å². The maximum absolute atomic E-state index is 5.77. The van der Waals surface area contributed by atoms with Gasteiger partial charge in [-0.3, -0.25) is 0 Å². The molecule has 2 heteroatoms. The quantitative estimate of drug-likeness (QED) is 0.670. The number of nitrogens with zero attached hydrogens (tertiary/aromatic N) is 1. The first-order valence-corrected chi connectivity index (χ1v) is 7.28. The molecule has 0 amide bonds. The fraction of sp³-hybridized carbons (Fsp3) is 1.00. The molecule has 104 valence electrons. The van der Waals surface area contributed by atoms with Crippen molar-refractivity contribution >= 4 is 0 Å².